The number of hydrogen-bond donors (Lipinski definition) is 3. The number of sulfonamides is 1. The van der Waals surface area contributed by atoms with Gasteiger partial charge in [0.2, 0.25) is 10.0 Å². The Bertz CT molecular complexity index is 508. The first-order chi connectivity index (χ1) is 8.36. The van der Waals surface area contributed by atoms with Crippen molar-refractivity contribution in [2.75, 3.05) is 6.54 Å². The van der Waals surface area contributed by atoms with Crippen molar-refractivity contribution in [1.29, 1.82) is 0 Å². The minimum absolute atomic E-state index is 0.0375. The molecule has 1 rings (SSSR count). The number of carboxylic acids is 1. The van der Waals surface area contributed by atoms with Crippen LogP contribution >= 0.6 is 11.3 Å². The fourth-order valence-electron chi connectivity index (χ4n) is 1.29. The molecule has 8 heteroatoms. The Labute approximate surface area is 109 Å². The van der Waals surface area contributed by atoms with Crippen molar-refractivity contribution < 1.29 is 23.4 Å². The van der Waals surface area contributed by atoms with Gasteiger partial charge in [0.15, 0.2) is 0 Å². The average Bonchev–Trinajstić information content (AvgIpc) is 2.77. The van der Waals surface area contributed by atoms with E-state index >= 15 is 0 Å². The summed E-state index contributed by atoms with van der Waals surface area (Å²) in [5, 5.41) is 18.1. The third-order valence-electron chi connectivity index (χ3n) is 2.19. The summed E-state index contributed by atoms with van der Waals surface area (Å²) < 4.78 is 25.7. The number of aromatic carboxylic acids is 1. The number of aliphatic hydroxyl groups is 1. The van der Waals surface area contributed by atoms with Crippen LogP contribution in [-0.4, -0.2) is 37.2 Å². The maximum atomic E-state index is 11.8. The molecule has 0 spiro atoms. The highest BCUT2D eigenvalue weighted by Gasteiger charge is 2.19. The first kappa shape index (κ1) is 15.1. The van der Waals surface area contributed by atoms with Crippen LogP contribution in [0.2, 0.25) is 0 Å². The molecule has 102 valence electrons. The summed E-state index contributed by atoms with van der Waals surface area (Å²) >= 11 is 0.681. The highest BCUT2D eigenvalue weighted by molar-refractivity contribution is 7.91. The van der Waals surface area contributed by atoms with Gasteiger partial charge in [0, 0.05) is 6.54 Å². The van der Waals surface area contributed by atoms with E-state index < -0.39 is 22.1 Å². The standard InChI is InChI=1S/C10H15NO5S2/c1-2-3-7(12)6-11-18(15,16)9-5-4-8(17-9)10(13)14/h4-5,7,11-12H,2-3,6H2,1H3,(H,13,14). The number of carboxylic acid groups (broad SMARTS) is 1. The van der Waals surface area contributed by atoms with Gasteiger partial charge in [-0.2, -0.15) is 0 Å². The van der Waals surface area contributed by atoms with Gasteiger partial charge in [0.05, 0.1) is 6.10 Å². The number of aliphatic hydroxyl groups excluding tert-OH is 1. The van der Waals surface area contributed by atoms with Crippen LogP contribution in [0.4, 0.5) is 0 Å². The Kier molecular flexibility index (Phi) is 5.27. The highest BCUT2D eigenvalue weighted by Crippen LogP contribution is 2.21. The Morgan fingerprint density at radius 2 is 2.17 bits per heavy atom. The zero-order valence-electron chi connectivity index (χ0n) is 9.79. The summed E-state index contributed by atoms with van der Waals surface area (Å²) in [5.41, 5.74) is 0. The molecule has 0 aliphatic heterocycles. The lowest BCUT2D eigenvalue weighted by Crippen LogP contribution is -2.31. The molecular formula is C10H15NO5S2. The minimum Gasteiger partial charge on any atom is -0.477 e. The summed E-state index contributed by atoms with van der Waals surface area (Å²) in [6.07, 6.45) is 0.530. The molecule has 3 N–H and O–H groups in total. The molecule has 6 nitrogen and oxygen atoms in total. The summed E-state index contributed by atoms with van der Waals surface area (Å²) in [5.74, 6) is -1.16. The third-order valence-corrected chi connectivity index (χ3v) is 5.18. The number of rotatable bonds is 7. The lowest BCUT2D eigenvalue weighted by molar-refractivity contribution is 0.0702. The topological polar surface area (TPSA) is 104 Å². The number of carbonyl (C=O) groups is 1. The first-order valence-corrected chi connectivity index (χ1v) is 7.67. The van der Waals surface area contributed by atoms with Gasteiger partial charge in [0.1, 0.15) is 9.09 Å². The Hall–Kier alpha value is -0.960. The molecular weight excluding hydrogens is 278 g/mol. The van der Waals surface area contributed by atoms with E-state index in [0.29, 0.717) is 17.8 Å². The van der Waals surface area contributed by atoms with Crippen molar-refractivity contribution in [3.05, 3.63) is 17.0 Å². The molecule has 1 aromatic rings. The molecule has 0 saturated heterocycles. The molecule has 1 atom stereocenters. The number of hydrogen-bond acceptors (Lipinski definition) is 5. The third kappa shape index (κ3) is 4.05. The summed E-state index contributed by atoms with van der Waals surface area (Å²) in [6.45, 7) is 1.81. The maximum absolute atomic E-state index is 11.8. The van der Waals surface area contributed by atoms with Crippen LogP contribution < -0.4 is 4.72 Å². The van der Waals surface area contributed by atoms with Gasteiger partial charge in [-0.1, -0.05) is 13.3 Å². The summed E-state index contributed by atoms with van der Waals surface area (Å²) in [7, 11) is -3.74. The molecule has 0 aliphatic carbocycles. The monoisotopic (exact) mass is 293 g/mol. The highest BCUT2D eigenvalue weighted by atomic mass is 32.2. The second kappa shape index (κ2) is 6.28. The van der Waals surface area contributed by atoms with Crippen molar-refractivity contribution >= 4 is 27.3 Å². The quantitative estimate of drug-likeness (QED) is 0.692. The number of thiophene rings is 1. The van der Waals surface area contributed by atoms with E-state index in [1.165, 1.54) is 12.1 Å². The van der Waals surface area contributed by atoms with E-state index in [4.69, 9.17) is 5.11 Å². The predicted octanol–water partition coefficient (Wildman–Crippen LogP) is 0.886. The molecule has 0 fully saturated rings. The lowest BCUT2D eigenvalue weighted by atomic mass is 10.2. The number of nitrogens with one attached hydrogen (secondary N) is 1. The maximum Gasteiger partial charge on any atom is 0.345 e. The minimum atomic E-state index is -3.74. The van der Waals surface area contributed by atoms with Crippen molar-refractivity contribution in [3.63, 3.8) is 0 Å². The molecule has 18 heavy (non-hydrogen) atoms. The van der Waals surface area contributed by atoms with Crippen LogP contribution in [0.1, 0.15) is 29.4 Å². The van der Waals surface area contributed by atoms with Crippen LogP contribution in [0.5, 0.6) is 0 Å². The Morgan fingerprint density at radius 1 is 1.50 bits per heavy atom. The summed E-state index contributed by atoms with van der Waals surface area (Å²) in [6, 6.07) is 2.48. The Balaban J connectivity index is 2.71. The van der Waals surface area contributed by atoms with Gasteiger partial charge in [-0.15, -0.1) is 11.3 Å². The van der Waals surface area contributed by atoms with Crippen LogP contribution in [-0.2, 0) is 10.0 Å². The fraction of sp³-hybridized carbons (Fsp3) is 0.500. The van der Waals surface area contributed by atoms with Crippen LogP contribution in [0, 0.1) is 0 Å². The van der Waals surface area contributed by atoms with Gasteiger partial charge >= 0.3 is 5.97 Å². The van der Waals surface area contributed by atoms with Crippen molar-refractivity contribution in [1.82, 2.24) is 4.72 Å². The van der Waals surface area contributed by atoms with Gasteiger partial charge < -0.3 is 10.2 Å². The van der Waals surface area contributed by atoms with Crippen molar-refractivity contribution in [3.8, 4) is 0 Å². The normalized spacial score (nSPS) is 13.4. The van der Waals surface area contributed by atoms with Gasteiger partial charge in [0.25, 0.3) is 0 Å². The van der Waals surface area contributed by atoms with E-state index in [2.05, 4.69) is 4.72 Å². The van der Waals surface area contributed by atoms with Crippen molar-refractivity contribution in [2.45, 2.75) is 30.1 Å². The summed E-state index contributed by atoms with van der Waals surface area (Å²) in [4.78, 5) is 10.6. The Morgan fingerprint density at radius 3 is 2.67 bits per heavy atom. The van der Waals surface area contributed by atoms with E-state index in [9.17, 15) is 18.3 Å². The molecule has 0 bridgehead atoms. The van der Waals surface area contributed by atoms with Gasteiger partial charge in [-0.3, -0.25) is 0 Å². The van der Waals surface area contributed by atoms with Gasteiger partial charge in [-0.25, -0.2) is 17.9 Å². The zero-order valence-corrected chi connectivity index (χ0v) is 11.4. The molecule has 1 aromatic heterocycles. The molecule has 0 saturated carbocycles. The second-order valence-corrected chi connectivity index (χ2v) is 6.80. The molecule has 1 heterocycles. The fourth-order valence-corrected chi connectivity index (χ4v) is 3.55. The van der Waals surface area contributed by atoms with Crippen LogP contribution in [0.3, 0.4) is 0 Å². The molecule has 0 aliphatic rings. The van der Waals surface area contributed by atoms with E-state index in [-0.39, 0.29) is 15.6 Å². The lowest BCUT2D eigenvalue weighted by Gasteiger charge is -2.10. The SMILES string of the molecule is CCCC(O)CNS(=O)(=O)c1ccc(C(=O)O)s1. The van der Waals surface area contributed by atoms with Crippen LogP contribution in [0.15, 0.2) is 16.3 Å². The average molecular weight is 293 g/mol. The van der Waals surface area contributed by atoms with E-state index in [1.807, 2.05) is 6.92 Å². The van der Waals surface area contributed by atoms with E-state index in [0.717, 1.165) is 6.42 Å². The smallest absolute Gasteiger partial charge is 0.345 e. The zero-order chi connectivity index (χ0) is 13.8. The molecule has 0 amide bonds. The van der Waals surface area contributed by atoms with Gasteiger partial charge in [-0.05, 0) is 18.6 Å². The van der Waals surface area contributed by atoms with E-state index in [1.54, 1.807) is 0 Å². The largest absolute Gasteiger partial charge is 0.477 e. The van der Waals surface area contributed by atoms with Crippen LogP contribution in [0.25, 0.3) is 0 Å². The molecule has 0 radical (unpaired) electrons. The van der Waals surface area contributed by atoms with Crippen molar-refractivity contribution in [2.24, 2.45) is 0 Å². The second-order valence-electron chi connectivity index (χ2n) is 3.72. The molecule has 0 aromatic carbocycles. The molecule has 1 unspecified atom stereocenters. The predicted molar refractivity (Wildman–Crippen MR) is 67.4 cm³/mol. The first-order valence-electron chi connectivity index (χ1n) is 5.37.